The number of carboxylic acid groups (broad SMARTS) is 1. The smallest absolute Gasteiger partial charge is 0.545 e. The number of cyclic esters (lactones) is 2. The SMILES string of the molecule is C=CC(=O)[O-].O=C1C=CC(=O)O1.[Na+]. The molecule has 1 aliphatic rings. The summed E-state index contributed by atoms with van der Waals surface area (Å²) in [4.78, 5) is 29.0. The van der Waals surface area contributed by atoms with Crippen molar-refractivity contribution in [2.75, 3.05) is 0 Å². The quantitative estimate of drug-likeness (QED) is 0.181. The van der Waals surface area contributed by atoms with E-state index in [2.05, 4.69) is 11.3 Å². The van der Waals surface area contributed by atoms with Gasteiger partial charge in [-0.3, -0.25) is 0 Å². The molecular formula is C7H5NaO5. The summed E-state index contributed by atoms with van der Waals surface area (Å²) < 4.78 is 3.97. The standard InChI is InChI=1S/C4H2O3.C3H4O2.Na/c5-3-1-2-4(6)7-3;1-2-3(4)5;/h1-2H;2H,1H2,(H,4,5);/q;;+1/p-1. The number of carbonyl (C=O) groups is 3. The van der Waals surface area contributed by atoms with Crippen LogP contribution in [0.2, 0.25) is 0 Å². The molecule has 1 heterocycles. The maximum Gasteiger partial charge on any atom is 1.00 e. The van der Waals surface area contributed by atoms with Gasteiger partial charge in [0.2, 0.25) is 0 Å². The summed E-state index contributed by atoms with van der Waals surface area (Å²) in [6.45, 7) is 2.90. The number of hydrogen-bond acceptors (Lipinski definition) is 5. The van der Waals surface area contributed by atoms with E-state index in [0.29, 0.717) is 0 Å². The van der Waals surface area contributed by atoms with E-state index in [4.69, 9.17) is 9.90 Å². The van der Waals surface area contributed by atoms with E-state index in [1.54, 1.807) is 0 Å². The average Bonchev–Trinajstić information content (AvgIpc) is 2.36. The van der Waals surface area contributed by atoms with Crippen LogP contribution >= 0.6 is 0 Å². The van der Waals surface area contributed by atoms with Gasteiger partial charge in [-0.15, -0.1) is 0 Å². The minimum atomic E-state index is -1.23. The largest absolute Gasteiger partial charge is 1.00 e. The van der Waals surface area contributed by atoms with Crippen molar-refractivity contribution in [3.8, 4) is 0 Å². The van der Waals surface area contributed by atoms with Crippen LogP contribution in [0, 0.1) is 0 Å². The summed E-state index contributed by atoms with van der Waals surface area (Å²) >= 11 is 0. The first-order valence-electron chi connectivity index (χ1n) is 2.83. The first-order valence-corrected chi connectivity index (χ1v) is 2.83. The fourth-order valence-electron chi connectivity index (χ4n) is 0.303. The molecule has 1 aliphatic heterocycles. The first-order chi connectivity index (χ1) is 5.56. The van der Waals surface area contributed by atoms with Crippen molar-refractivity contribution in [2.45, 2.75) is 0 Å². The Labute approximate surface area is 96.4 Å². The molecule has 0 spiro atoms. The van der Waals surface area contributed by atoms with Crippen LogP contribution in [-0.4, -0.2) is 17.9 Å². The second-order valence-electron chi connectivity index (χ2n) is 1.60. The molecule has 6 heteroatoms. The van der Waals surface area contributed by atoms with Gasteiger partial charge in [-0.1, -0.05) is 6.58 Å². The Balaban J connectivity index is 0. The number of carboxylic acids is 1. The van der Waals surface area contributed by atoms with E-state index in [9.17, 15) is 9.59 Å². The number of aliphatic carboxylic acids is 1. The minimum absolute atomic E-state index is 0. The van der Waals surface area contributed by atoms with E-state index >= 15 is 0 Å². The van der Waals surface area contributed by atoms with Gasteiger partial charge in [-0.25, -0.2) is 9.59 Å². The van der Waals surface area contributed by atoms with Gasteiger partial charge in [0.1, 0.15) is 0 Å². The number of carbonyl (C=O) groups excluding carboxylic acids is 3. The van der Waals surface area contributed by atoms with Crippen LogP contribution in [-0.2, 0) is 19.1 Å². The van der Waals surface area contributed by atoms with Gasteiger partial charge in [0.05, 0.1) is 5.97 Å². The van der Waals surface area contributed by atoms with E-state index in [-0.39, 0.29) is 29.6 Å². The van der Waals surface area contributed by atoms with Crippen molar-refractivity contribution in [3.05, 3.63) is 24.8 Å². The van der Waals surface area contributed by atoms with E-state index in [1.165, 1.54) is 0 Å². The zero-order chi connectivity index (χ0) is 9.56. The summed E-state index contributed by atoms with van der Waals surface area (Å²) in [6, 6.07) is 0. The van der Waals surface area contributed by atoms with Crippen LogP contribution in [0.5, 0.6) is 0 Å². The predicted molar refractivity (Wildman–Crippen MR) is 35.4 cm³/mol. The molecule has 64 valence electrons. The molecule has 0 saturated carbocycles. The Hall–Kier alpha value is -0.910. The topological polar surface area (TPSA) is 83.5 Å². The number of hydrogen-bond donors (Lipinski definition) is 0. The number of ether oxygens (including phenoxy) is 1. The van der Waals surface area contributed by atoms with Crippen LogP contribution in [0.1, 0.15) is 0 Å². The van der Waals surface area contributed by atoms with Crippen LogP contribution < -0.4 is 34.7 Å². The molecule has 0 unspecified atom stereocenters. The van der Waals surface area contributed by atoms with Crippen molar-refractivity contribution in [3.63, 3.8) is 0 Å². The molecule has 1 rings (SSSR count). The monoisotopic (exact) mass is 192 g/mol. The van der Waals surface area contributed by atoms with E-state index < -0.39 is 17.9 Å². The van der Waals surface area contributed by atoms with Crippen molar-refractivity contribution in [2.24, 2.45) is 0 Å². The summed E-state index contributed by atoms with van der Waals surface area (Å²) in [5.74, 6) is -2.39. The molecule has 0 radical (unpaired) electrons. The zero-order valence-corrected chi connectivity index (χ0v) is 8.98. The van der Waals surface area contributed by atoms with Gasteiger partial charge < -0.3 is 14.6 Å². The van der Waals surface area contributed by atoms with Crippen molar-refractivity contribution in [1.82, 2.24) is 0 Å². The molecule has 0 saturated heterocycles. The van der Waals surface area contributed by atoms with Crippen LogP contribution in [0.15, 0.2) is 24.8 Å². The number of rotatable bonds is 1. The van der Waals surface area contributed by atoms with Gasteiger partial charge >= 0.3 is 41.5 Å². The molecule has 13 heavy (non-hydrogen) atoms. The third kappa shape index (κ3) is 9.00. The predicted octanol–water partition coefficient (Wildman–Crippen LogP) is -4.45. The van der Waals surface area contributed by atoms with Crippen LogP contribution in [0.4, 0.5) is 0 Å². The molecule has 0 atom stereocenters. The fraction of sp³-hybridized carbons (Fsp3) is 0. The van der Waals surface area contributed by atoms with Crippen molar-refractivity contribution >= 4 is 17.9 Å². The second kappa shape index (κ2) is 7.72. The molecule has 0 aromatic heterocycles. The Morgan fingerprint density at radius 1 is 1.38 bits per heavy atom. The molecule has 0 fully saturated rings. The van der Waals surface area contributed by atoms with Crippen molar-refractivity contribution in [1.29, 1.82) is 0 Å². The van der Waals surface area contributed by atoms with Gasteiger partial charge in [0.15, 0.2) is 0 Å². The van der Waals surface area contributed by atoms with Gasteiger partial charge in [-0.2, -0.15) is 0 Å². The molecule has 0 bridgehead atoms. The Kier molecular flexibility index (Phi) is 8.68. The summed E-state index contributed by atoms with van der Waals surface area (Å²) in [5, 5.41) is 9.14. The molecule has 5 nitrogen and oxygen atoms in total. The summed E-state index contributed by atoms with van der Waals surface area (Å²) in [7, 11) is 0. The third-order valence-corrected chi connectivity index (χ3v) is 0.723. The zero-order valence-electron chi connectivity index (χ0n) is 6.98. The van der Waals surface area contributed by atoms with Crippen LogP contribution in [0.3, 0.4) is 0 Å². The van der Waals surface area contributed by atoms with E-state index in [1.807, 2.05) is 0 Å². The molecule has 0 amide bonds. The Morgan fingerprint density at radius 3 is 1.77 bits per heavy atom. The summed E-state index contributed by atoms with van der Waals surface area (Å²) in [5.41, 5.74) is 0. The Morgan fingerprint density at radius 2 is 1.69 bits per heavy atom. The van der Waals surface area contributed by atoms with Crippen molar-refractivity contribution < 1.29 is 53.8 Å². The average molecular weight is 192 g/mol. The fourth-order valence-corrected chi connectivity index (χ4v) is 0.303. The van der Waals surface area contributed by atoms with Gasteiger partial charge in [0.25, 0.3) is 0 Å². The molecular weight excluding hydrogens is 187 g/mol. The van der Waals surface area contributed by atoms with Crippen LogP contribution in [0.25, 0.3) is 0 Å². The maximum atomic E-state index is 9.92. The Bertz CT molecular complexity index is 240. The molecule has 0 N–H and O–H groups in total. The second-order valence-corrected chi connectivity index (χ2v) is 1.60. The number of esters is 2. The summed E-state index contributed by atoms with van der Waals surface area (Å²) in [6.07, 6.45) is 2.89. The minimum Gasteiger partial charge on any atom is -0.545 e. The van der Waals surface area contributed by atoms with Gasteiger partial charge in [-0.05, 0) is 6.08 Å². The van der Waals surface area contributed by atoms with Gasteiger partial charge in [0, 0.05) is 12.2 Å². The molecule has 0 aromatic rings. The third-order valence-electron chi connectivity index (χ3n) is 0.723. The molecule has 0 aromatic carbocycles. The molecule has 0 aliphatic carbocycles. The first kappa shape index (κ1) is 14.6. The maximum absolute atomic E-state index is 9.92. The normalized spacial score (nSPS) is 12.0. The van der Waals surface area contributed by atoms with E-state index in [0.717, 1.165) is 18.2 Å².